The number of aliphatic carboxylic acids is 1. The summed E-state index contributed by atoms with van der Waals surface area (Å²) in [6.07, 6.45) is 0.215. The first-order valence-corrected chi connectivity index (χ1v) is 10.1. The lowest BCUT2D eigenvalue weighted by molar-refractivity contribution is -0.137. The van der Waals surface area contributed by atoms with Gasteiger partial charge < -0.3 is 10.4 Å². The second-order valence-corrected chi connectivity index (χ2v) is 7.48. The van der Waals surface area contributed by atoms with Gasteiger partial charge in [0.15, 0.2) is 0 Å². The smallest absolute Gasteiger partial charge is 0.305 e. The van der Waals surface area contributed by atoms with Crippen molar-refractivity contribution < 1.29 is 14.7 Å². The fourth-order valence-corrected chi connectivity index (χ4v) is 3.71. The van der Waals surface area contributed by atoms with Gasteiger partial charge in [0.05, 0.1) is 22.5 Å². The molecule has 0 spiro atoms. The van der Waals surface area contributed by atoms with E-state index in [2.05, 4.69) is 15.4 Å². The molecule has 0 aliphatic carbocycles. The van der Waals surface area contributed by atoms with Gasteiger partial charge in [-0.05, 0) is 30.2 Å². The summed E-state index contributed by atoms with van der Waals surface area (Å²) >= 11 is 12.6. The lowest BCUT2D eigenvalue weighted by Gasteiger charge is -2.18. The van der Waals surface area contributed by atoms with Gasteiger partial charge in [-0.2, -0.15) is 0 Å². The maximum absolute atomic E-state index is 12.9. The third kappa shape index (κ3) is 4.63. The SMILES string of the molecule is CCc1nc(C(=O)N[C@@H](CC(=O)O)c2ccccc2C)nn1-c1c(Cl)cccc1Cl. The van der Waals surface area contributed by atoms with Crippen molar-refractivity contribution in [2.24, 2.45) is 0 Å². The molecule has 9 heteroatoms. The predicted octanol–water partition coefficient (Wildman–Crippen LogP) is 4.39. The molecule has 156 valence electrons. The number of hydrogen-bond acceptors (Lipinski definition) is 4. The van der Waals surface area contributed by atoms with Crippen LogP contribution in [0.4, 0.5) is 0 Å². The van der Waals surface area contributed by atoms with Gasteiger partial charge in [-0.1, -0.05) is 60.5 Å². The lowest BCUT2D eigenvalue weighted by Crippen LogP contribution is -2.31. The predicted molar refractivity (Wildman–Crippen MR) is 114 cm³/mol. The van der Waals surface area contributed by atoms with E-state index in [1.807, 2.05) is 26.0 Å². The van der Waals surface area contributed by atoms with Gasteiger partial charge in [0.2, 0.25) is 5.82 Å². The number of aryl methyl sites for hydroxylation is 2. The molecule has 0 fully saturated rings. The second-order valence-electron chi connectivity index (χ2n) is 6.67. The van der Waals surface area contributed by atoms with Gasteiger partial charge in [0.1, 0.15) is 11.5 Å². The number of carboxylic acids is 1. The number of nitrogens with one attached hydrogen (secondary N) is 1. The molecule has 3 aromatic rings. The lowest BCUT2D eigenvalue weighted by atomic mass is 9.99. The Morgan fingerprint density at radius 1 is 1.13 bits per heavy atom. The van der Waals surface area contributed by atoms with Crippen LogP contribution in [0.1, 0.15) is 47.0 Å². The molecule has 1 aromatic heterocycles. The molecule has 1 heterocycles. The second kappa shape index (κ2) is 9.28. The van der Waals surface area contributed by atoms with Crippen LogP contribution in [0.25, 0.3) is 5.69 Å². The van der Waals surface area contributed by atoms with E-state index in [0.717, 1.165) is 11.1 Å². The molecule has 0 saturated carbocycles. The highest BCUT2D eigenvalue weighted by molar-refractivity contribution is 6.37. The van der Waals surface area contributed by atoms with Crippen molar-refractivity contribution in [2.45, 2.75) is 32.7 Å². The molecule has 2 N–H and O–H groups in total. The molecule has 0 unspecified atom stereocenters. The first-order valence-electron chi connectivity index (χ1n) is 9.30. The number of nitrogens with zero attached hydrogens (tertiary/aromatic N) is 3. The highest BCUT2D eigenvalue weighted by atomic mass is 35.5. The normalized spacial score (nSPS) is 11.9. The van der Waals surface area contributed by atoms with Crippen LogP contribution in [-0.2, 0) is 11.2 Å². The number of para-hydroxylation sites is 1. The Kier molecular flexibility index (Phi) is 6.74. The Morgan fingerprint density at radius 3 is 2.40 bits per heavy atom. The monoisotopic (exact) mass is 446 g/mol. The first kappa shape index (κ1) is 21.8. The van der Waals surface area contributed by atoms with E-state index in [-0.39, 0.29) is 12.2 Å². The fourth-order valence-electron chi connectivity index (χ4n) is 3.15. The quantitative estimate of drug-likeness (QED) is 0.560. The van der Waals surface area contributed by atoms with Crippen molar-refractivity contribution in [3.8, 4) is 5.69 Å². The number of carboxylic acid groups (broad SMARTS) is 1. The Hall–Kier alpha value is -2.90. The summed E-state index contributed by atoms with van der Waals surface area (Å²) in [5.74, 6) is -1.20. The van der Waals surface area contributed by atoms with E-state index in [0.29, 0.717) is 28.0 Å². The van der Waals surface area contributed by atoms with Crippen molar-refractivity contribution in [3.05, 3.63) is 75.3 Å². The Bertz CT molecular complexity index is 1080. The molecule has 2 aromatic carbocycles. The average Bonchev–Trinajstić information content (AvgIpc) is 3.11. The van der Waals surface area contributed by atoms with Gasteiger partial charge in [0.25, 0.3) is 5.91 Å². The minimum absolute atomic E-state index is 0.0909. The molecule has 30 heavy (non-hydrogen) atoms. The zero-order chi connectivity index (χ0) is 21.8. The minimum atomic E-state index is -1.03. The number of aromatic nitrogens is 3. The van der Waals surface area contributed by atoms with Crippen molar-refractivity contribution in [1.82, 2.24) is 20.1 Å². The summed E-state index contributed by atoms with van der Waals surface area (Å²) in [7, 11) is 0. The van der Waals surface area contributed by atoms with E-state index in [9.17, 15) is 14.7 Å². The Labute approximate surface area is 183 Å². The molecule has 7 nitrogen and oxygen atoms in total. The van der Waals surface area contributed by atoms with Crippen molar-refractivity contribution >= 4 is 35.1 Å². The number of hydrogen-bond donors (Lipinski definition) is 2. The zero-order valence-electron chi connectivity index (χ0n) is 16.4. The summed E-state index contributed by atoms with van der Waals surface area (Å²) in [5, 5.41) is 17.1. The molecule has 1 atom stereocenters. The third-order valence-corrected chi connectivity index (χ3v) is 5.20. The van der Waals surface area contributed by atoms with Gasteiger partial charge in [-0.15, -0.1) is 5.10 Å². The van der Waals surface area contributed by atoms with Crippen LogP contribution in [0.5, 0.6) is 0 Å². The van der Waals surface area contributed by atoms with Crippen LogP contribution in [0.3, 0.4) is 0 Å². The van der Waals surface area contributed by atoms with Crippen LogP contribution in [-0.4, -0.2) is 31.7 Å². The van der Waals surface area contributed by atoms with Gasteiger partial charge in [-0.3, -0.25) is 9.59 Å². The number of halogens is 2. The molecule has 1 amide bonds. The topological polar surface area (TPSA) is 97.1 Å². The largest absolute Gasteiger partial charge is 0.481 e. The van der Waals surface area contributed by atoms with Crippen LogP contribution < -0.4 is 5.32 Å². The number of amides is 1. The zero-order valence-corrected chi connectivity index (χ0v) is 17.9. The standard InChI is InChI=1S/C21H20Cl2N4O3/c1-3-17-25-20(26-27(17)19-14(22)9-6-10-15(19)23)21(30)24-16(11-18(28)29)13-8-5-4-7-12(13)2/h4-10,16H,3,11H2,1-2H3,(H,24,30)(H,28,29)/t16-/m0/s1. The van der Waals surface area contributed by atoms with Crippen LogP contribution in [0.2, 0.25) is 10.0 Å². The molecule has 3 rings (SSSR count). The van der Waals surface area contributed by atoms with Gasteiger partial charge >= 0.3 is 5.97 Å². The average molecular weight is 447 g/mol. The first-order chi connectivity index (χ1) is 14.3. The van der Waals surface area contributed by atoms with E-state index in [1.54, 1.807) is 30.3 Å². The Morgan fingerprint density at radius 2 is 1.80 bits per heavy atom. The van der Waals surface area contributed by atoms with E-state index in [1.165, 1.54) is 4.68 Å². The summed E-state index contributed by atoms with van der Waals surface area (Å²) in [6.45, 7) is 3.73. The number of rotatable bonds is 7. The molecule has 0 aliphatic rings. The van der Waals surface area contributed by atoms with Crippen molar-refractivity contribution in [1.29, 1.82) is 0 Å². The molecule has 0 bridgehead atoms. The van der Waals surface area contributed by atoms with Gasteiger partial charge in [0, 0.05) is 6.42 Å². The van der Waals surface area contributed by atoms with Crippen molar-refractivity contribution in [2.75, 3.05) is 0 Å². The molecule has 0 aliphatic heterocycles. The van der Waals surface area contributed by atoms with Crippen LogP contribution in [0, 0.1) is 6.92 Å². The maximum atomic E-state index is 12.9. The molecule has 0 saturated heterocycles. The molecular formula is C21H20Cl2N4O3. The molecular weight excluding hydrogens is 427 g/mol. The van der Waals surface area contributed by atoms with E-state index < -0.39 is 17.9 Å². The summed E-state index contributed by atoms with van der Waals surface area (Å²) in [5.41, 5.74) is 2.03. The minimum Gasteiger partial charge on any atom is -0.481 e. The highest BCUT2D eigenvalue weighted by Gasteiger charge is 2.24. The number of carbonyl (C=O) groups excluding carboxylic acids is 1. The highest BCUT2D eigenvalue weighted by Crippen LogP contribution is 2.29. The van der Waals surface area contributed by atoms with Crippen LogP contribution >= 0.6 is 23.2 Å². The summed E-state index contributed by atoms with van der Waals surface area (Å²) in [6, 6.07) is 11.6. The van der Waals surface area contributed by atoms with Crippen molar-refractivity contribution in [3.63, 3.8) is 0 Å². The van der Waals surface area contributed by atoms with Gasteiger partial charge in [-0.25, -0.2) is 9.67 Å². The van der Waals surface area contributed by atoms with E-state index >= 15 is 0 Å². The molecule has 0 radical (unpaired) electrons. The Balaban J connectivity index is 1.95. The number of benzene rings is 2. The number of carbonyl (C=O) groups is 2. The van der Waals surface area contributed by atoms with Crippen LogP contribution in [0.15, 0.2) is 42.5 Å². The maximum Gasteiger partial charge on any atom is 0.305 e. The summed E-state index contributed by atoms with van der Waals surface area (Å²) < 4.78 is 1.44. The summed E-state index contributed by atoms with van der Waals surface area (Å²) in [4.78, 5) is 28.6. The van der Waals surface area contributed by atoms with E-state index in [4.69, 9.17) is 23.2 Å². The fraction of sp³-hybridized carbons (Fsp3) is 0.238. The third-order valence-electron chi connectivity index (χ3n) is 4.59.